The quantitative estimate of drug-likeness (QED) is 0.585. The predicted octanol–water partition coefficient (Wildman–Crippen LogP) is 0.970. The Morgan fingerprint density at radius 2 is 2.12 bits per heavy atom. The van der Waals surface area contributed by atoms with Gasteiger partial charge in [-0.1, -0.05) is 18.3 Å². The molecule has 0 saturated heterocycles. The van der Waals surface area contributed by atoms with E-state index in [-0.39, 0.29) is 0 Å². The topological polar surface area (TPSA) is 52.0 Å². The first-order valence-electron chi connectivity index (χ1n) is 2.16. The smallest absolute Gasteiger partial charge is 0.0625 e. The van der Waals surface area contributed by atoms with Gasteiger partial charge in [0.1, 0.15) is 0 Å². The molecule has 0 aliphatic rings. The van der Waals surface area contributed by atoms with Crippen molar-refractivity contribution >= 4 is 11.8 Å². The van der Waals surface area contributed by atoms with Crippen molar-refractivity contribution in [1.29, 1.82) is 0 Å². The third kappa shape index (κ3) is 5.43. The molecule has 2 nitrogen and oxygen atoms in total. The Morgan fingerprint density at radius 1 is 1.62 bits per heavy atom. The second-order valence-corrected chi connectivity index (χ2v) is 2.44. The third-order valence-corrected chi connectivity index (χ3v) is 1.19. The normalized spacial score (nSPS) is 11.4. The second-order valence-electron chi connectivity index (χ2n) is 1.45. The van der Waals surface area contributed by atoms with Gasteiger partial charge in [0.25, 0.3) is 0 Å². The van der Waals surface area contributed by atoms with Gasteiger partial charge in [0, 0.05) is 5.70 Å². The number of rotatable bonds is 2. The first-order valence-corrected chi connectivity index (χ1v) is 3.04. The molecule has 0 amide bonds. The van der Waals surface area contributed by atoms with Gasteiger partial charge in [0.2, 0.25) is 0 Å². The number of thioether (sulfide) groups is 1. The van der Waals surface area contributed by atoms with Crippen LogP contribution in [0, 0.1) is 0 Å². The Bertz CT molecular complexity index is 114. The lowest BCUT2D eigenvalue weighted by atomic mass is 10.6. The molecule has 0 heterocycles. The molecule has 0 atom stereocenters. The van der Waals surface area contributed by atoms with Gasteiger partial charge in [0.05, 0.1) is 5.03 Å². The zero-order valence-electron chi connectivity index (χ0n) is 4.85. The van der Waals surface area contributed by atoms with Crippen molar-refractivity contribution in [2.45, 2.75) is 6.92 Å². The van der Waals surface area contributed by atoms with E-state index in [0.29, 0.717) is 5.03 Å². The summed E-state index contributed by atoms with van der Waals surface area (Å²) in [5, 5.41) is 2.32. The lowest BCUT2D eigenvalue weighted by Gasteiger charge is -1.90. The molecule has 46 valence electrons. The van der Waals surface area contributed by atoms with Crippen molar-refractivity contribution < 1.29 is 0 Å². The highest BCUT2D eigenvalue weighted by Gasteiger charge is 1.79. The number of hydrogen-bond donors (Lipinski definition) is 2. The van der Waals surface area contributed by atoms with Gasteiger partial charge < -0.3 is 11.5 Å². The molecular formula is C5H10N2S. The number of hydrogen-bond acceptors (Lipinski definition) is 3. The molecular weight excluding hydrogens is 120 g/mol. The summed E-state index contributed by atoms with van der Waals surface area (Å²) in [5.74, 6) is 0. The van der Waals surface area contributed by atoms with Crippen molar-refractivity contribution in [3.8, 4) is 0 Å². The van der Waals surface area contributed by atoms with Crippen LogP contribution < -0.4 is 11.5 Å². The van der Waals surface area contributed by atoms with Crippen LogP contribution in [0.15, 0.2) is 22.7 Å². The number of allylic oxidation sites excluding steroid dienone is 1. The van der Waals surface area contributed by atoms with Gasteiger partial charge >= 0.3 is 0 Å². The Kier molecular flexibility index (Phi) is 3.19. The maximum absolute atomic E-state index is 5.28. The van der Waals surface area contributed by atoms with Gasteiger partial charge in [-0.05, 0) is 12.3 Å². The molecule has 0 aromatic heterocycles. The summed E-state index contributed by atoms with van der Waals surface area (Å²) in [7, 11) is 0. The first-order chi connectivity index (χ1) is 3.63. The predicted molar refractivity (Wildman–Crippen MR) is 38.9 cm³/mol. The van der Waals surface area contributed by atoms with E-state index < -0.39 is 0 Å². The first kappa shape index (κ1) is 7.43. The van der Waals surface area contributed by atoms with Crippen LogP contribution in [-0.4, -0.2) is 0 Å². The highest BCUT2D eigenvalue weighted by molar-refractivity contribution is 8.05. The fourth-order valence-corrected chi connectivity index (χ4v) is 0.506. The lowest BCUT2D eigenvalue weighted by Crippen LogP contribution is -1.90. The van der Waals surface area contributed by atoms with Gasteiger partial charge in [0.15, 0.2) is 0 Å². The molecule has 0 spiro atoms. The maximum atomic E-state index is 5.28. The van der Waals surface area contributed by atoms with E-state index in [2.05, 4.69) is 6.58 Å². The summed E-state index contributed by atoms with van der Waals surface area (Å²) in [4.78, 5) is 0. The summed E-state index contributed by atoms with van der Waals surface area (Å²) in [6.07, 6.45) is 0. The van der Waals surface area contributed by atoms with Crippen LogP contribution in [-0.2, 0) is 0 Å². The highest BCUT2D eigenvalue weighted by atomic mass is 32.2. The van der Waals surface area contributed by atoms with E-state index in [4.69, 9.17) is 11.5 Å². The van der Waals surface area contributed by atoms with E-state index >= 15 is 0 Å². The lowest BCUT2D eigenvalue weighted by molar-refractivity contribution is 1.33. The second kappa shape index (κ2) is 3.43. The Morgan fingerprint density at radius 3 is 2.25 bits per heavy atom. The maximum Gasteiger partial charge on any atom is 0.0625 e. The summed E-state index contributed by atoms with van der Waals surface area (Å²) < 4.78 is 0. The monoisotopic (exact) mass is 130 g/mol. The summed E-state index contributed by atoms with van der Waals surface area (Å²) in [6, 6.07) is 0. The molecule has 0 unspecified atom stereocenters. The van der Waals surface area contributed by atoms with Crippen LogP contribution in [0.5, 0.6) is 0 Å². The summed E-state index contributed by atoms with van der Waals surface area (Å²) >= 11 is 1.34. The van der Waals surface area contributed by atoms with E-state index in [9.17, 15) is 0 Å². The molecule has 0 aliphatic heterocycles. The van der Waals surface area contributed by atoms with Gasteiger partial charge in [-0.15, -0.1) is 0 Å². The van der Waals surface area contributed by atoms with Gasteiger partial charge in [-0.2, -0.15) is 0 Å². The Hall–Kier alpha value is -0.570. The zero-order valence-corrected chi connectivity index (χ0v) is 5.66. The molecule has 0 saturated carbocycles. The van der Waals surface area contributed by atoms with Crippen molar-refractivity contribution in [3.63, 3.8) is 0 Å². The van der Waals surface area contributed by atoms with Crippen molar-refractivity contribution in [3.05, 3.63) is 22.7 Å². The van der Waals surface area contributed by atoms with E-state index in [1.807, 2.05) is 0 Å². The minimum absolute atomic E-state index is 0.565. The standard InChI is InChI=1S/C5H10N2S/c1-4(6)3-8-5(2)7/h3H,2,6-7H2,1H3/b4-3-. The van der Waals surface area contributed by atoms with Crippen LogP contribution in [0.3, 0.4) is 0 Å². The molecule has 0 aromatic carbocycles. The Balaban J connectivity index is 3.45. The average Bonchev–Trinajstić information content (AvgIpc) is 1.61. The largest absolute Gasteiger partial charge is 0.402 e. The average molecular weight is 130 g/mol. The van der Waals surface area contributed by atoms with E-state index in [1.165, 1.54) is 11.8 Å². The molecule has 0 aromatic rings. The highest BCUT2D eigenvalue weighted by Crippen LogP contribution is 2.08. The Labute approximate surface area is 53.6 Å². The van der Waals surface area contributed by atoms with Crippen LogP contribution in [0.2, 0.25) is 0 Å². The molecule has 3 heteroatoms. The van der Waals surface area contributed by atoms with E-state index in [1.54, 1.807) is 12.3 Å². The van der Waals surface area contributed by atoms with Crippen LogP contribution in [0.1, 0.15) is 6.92 Å². The molecule has 8 heavy (non-hydrogen) atoms. The molecule has 0 rings (SSSR count). The van der Waals surface area contributed by atoms with Crippen molar-refractivity contribution in [2.24, 2.45) is 11.5 Å². The van der Waals surface area contributed by atoms with Crippen LogP contribution >= 0.6 is 11.8 Å². The molecule has 0 bridgehead atoms. The fraction of sp³-hybridized carbons (Fsp3) is 0.200. The third-order valence-electron chi connectivity index (χ3n) is 0.396. The minimum Gasteiger partial charge on any atom is -0.402 e. The fourth-order valence-electron chi connectivity index (χ4n) is 0.169. The van der Waals surface area contributed by atoms with Gasteiger partial charge in [-0.3, -0.25) is 0 Å². The van der Waals surface area contributed by atoms with Crippen molar-refractivity contribution in [2.75, 3.05) is 0 Å². The molecule has 0 fully saturated rings. The number of nitrogens with two attached hydrogens (primary N) is 2. The SMILES string of the molecule is C=C(N)S/C=C(/C)N. The zero-order chi connectivity index (χ0) is 6.57. The minimum atomic E-state index is 0.565. The molecule has 0 aliphatic carbocycles. The van der Waals surface area contributed by atoms with Crippen LogP contribution in [0.4, 0.5) is 0 Å². The van der Waals surface area contributed by atoms with E-state index in [0.717, 1.165) is 5.70 Å². The molecule has 4 N–H and O–H groups in total. The van der Waals surface area contributed by atoms with Crippen LogP contribution in [0.25, 0.3) is 0 Å². The van der Waals surface area contributed by atoms with Gasteiger partial charge in [-0.25, -0.2) is 0 Å². The molecule has 0 radical (unpaired) electrons. The summed E-state index contributed by atoms with van der Waals surface area (Å²) in [5.41, 5.74) is 11.2. The summed E-state index contributed by atoms with van der Waals surface area (Å²) in [6.45, 7) is 5.27. The van der Waals surface area contributed by atoms with Crippen molar-refractivity contribution in [1.82, 2.24) is 0 Å².